The SMILES string of the molecule is CO[C@@H]1CN(C(C)C)C[C@H]1NC(=O)Nc1cc(C)c(F)cc1Cl. The first-order valence-corrected chi connectivity index (χ1v) is 7.99. The summed E-state index contributed by atoms with van der Waals surface area (Å²) in [6.07, 6.45) is -0.0615. The Morgan fingerprint density at radius 3 is 2.74 bits per heavy atom. The van der Waals surface area contributed by atoms with Crippen LogP contribution in [0.25, 0.3) is 0 Å². The molecule has 1 heterocycles. The largest absolute Gasteiger partial charge is 0.378 e. The van der Waals surface area contributed by atoms with E-state index in [-0.39, 0.29) is 23.2 Å². The highest BCUT2D eigenvalue weighted by molar-refractivity contribution is 6.33. The second-order valence-corrected chi connectivity index (χ2v) is 6.52. The molecule has 0 spiro atoms. The lowest BCUT2D eigenvalue weighted by molar-refractivity contribution is 0.0896. The van der Waals surface area contributed by atoms with Crippen molar-refractivity contribution in [3.8, 4) is 0 Å². The highest BCUT2D eigenvalue weighted by Crippen LogP contribution is 2.25. The Balaban J connectivity index is 2.01. The van der Waals surface area contributed by atoms with Gasteiger partial charge in [0, 0.05) is 26.2 Å². The maximum absolute atomic E-state index is 13.4. The molecular weight excluding hydrogens is 321 g/mol. The van der Waals surface area contributed by atoms with E-state index in [1.807, 2.05) is 0 Å². The fraction of sp³-hybridized carbons (Fsp3) is 0.562. The van der Waals surface area contributed by atoms with Gasteiger partial charge in [0.15, 0.2) is 0 Å². The van der Waals surface area contributed by atoms with Crippen molar-refractivity contribution in [2.45, 2.75) is 39.0 Å². The van der Waals surface area contributed by atoms with Crippen molar-refractivity contribution in [3.63, 3.8) is 0 Å². The van der Waals surface area contributed by atoms with Crippen LogP contribution in [0.5, 0.6) is 0 Å². The van der Waals surface area contributed by atoms with Crippen LogP contribution in [0.3, 0.4) is 0 Å². The number of carbonyl (C=O) groups excluding carboxylic acids is 1. The van der Waals surface area contributed by atoms with Crippen molar-refractivity contribution >= 4 is 23.3 Å². The summed E-state index contributed by atoms with van der Waals surface area (Å²) in [4.78, 5) is 14.5. The summed E-state index contributed by atoms with van der Waals surface area (Å²) in [6, 6.07) is 2.61. The van der Waals surface area contributed by atoms with E-state index in [9.17, 15) is 9.18 Å². The van der Waals surface area contributed by atoms with E-state index in [1.165, 1.54) is 12.1 Å². The topological polar surface area (TPSA) is 53.6 Å². The molecule has 23 heavy (non-hydrogen) atoms. The highest BCUT2D eigenvalue weighted by Gasteiger charge is 2.35. The minimum atomic E-state index is -0.399. The number of methoxy groups -OCH3 is 1. The van der Waals surface area contributed by atoms with Gasteiger partial charge in [0.05, 0.1) is 22.9 Å². The van der Waals surface area contributed by atoms with Crippen molar-refractivity contribution in [3.05, 3.63) is 28.5 Å². The van der Waals surface area contributed by atoms with Gasteiger partial charge in [-0.05, 0) is 38.5 Å². The molecule has 7 heteroatoms. The minimum Gasteiger partial charge on any atom is -0.378 e. The van der Waals surface area contributed by atoms with Crippen molar-refractivity contribution in [1.29, 1.82) is 0 Å². The number of urea groups is 1. The first-order valence-electron chi connectivity index (χ1n) is 7.61. The number of likely N-dealkylation sites (tertiary alicyclic amines) is 1. The van der Waals surface area contributed by atoms with Gasteiger partial charge in [-0.3, -0.25) is 4.90 Å². The molecule has 2 rings (SSSR count). The Bertz CT molecular complexity index is 583. The van der Waals surface area contributed by atoms with Gasteiger partial charge in [-0.2, -0.15) is 0 Å². The average Bonchev–Trinajstić information content (AvgIpc) is 2.88. The number of ether oxygens (including phenoxy) is 1. The molecule has 1 aliphatic heterocycles. The van der Waals surface area contributed by atoms with Crippen molar-refractivity contribution in [2.75, 3.05) is 25.5 Å². The number of hydrogen-bond acceptors (Lipinski definition) is 3. The quantitative estimate of drug-likeness (QED) is 0.883. The van der Waals surface area contributed by atoms with Crippen LogP contribution in [0.15, 0.2) is 12.1 Å². The molecule has 0 aliphatic carbocycles. The van der Waals surface area contributed by atoms with Gasteiger partial charge in [-0.25, -0.2) is 9.18 Å². The molecule has 0 aromatic heterocycles. The summed E-state index contributed by atoms with van der Waals surface area (Å²) < 4.78 is 18.9. The molecule has 0 saturated carbocycles. The number of carbonyl (C=O) groups is 1. The number of anilines is 1. The molecule has 0 radical (unpaired) electrons. The summed E-state index contributed by atoms with van der Waals surface area (Å²) in [5.74, 6) is -0.399. The Hall–Kier alpha value is -1.37. The molecule has 0 bridgehead atoms. The average molecular weight is 344 g/mol. The fourth-order valence-electron chi connectivity index (χ4n) is 2.68. The molecule has 1 aromatic rings. The molecule has 1 aromatic carbocycles. The number of benzene rings is 1. The monoisotopic (exact) mass is 343 g/mol. The first kappa shape index (κ1) is 18.0. The summed E-state index contributed by atoms with van der Waals surface area (Å²) in [5, 5.41) is 5.74. The molecule has 1 saturated heterocycles. The molecule has 0 unspecified atom stereocenters. The smallest absolute Gasteiger partial charge is 0.319 e. The van der Waals surface area contributed by atoms with Gasteiger partial charge in [0.25, 0.3) is 0 Å². The van der Waals surface area contributed by atoms with E-state index in [0.29, 0.717) is 17.3 Å². The number of amides is 2. The molecule has 2 atom stereocenters. The normalized spacial score (nSPS) is 21.7. The van der Waals surface area contributed by atoms with Gasteiger partial charge in [-0.1, -0.05) is 11.6 Å². The highest BCUT2D eigenvalue weighted by atomic mass is 35.5. The molecule has 128 valence electrons. The lowest BCUT2D eigenvalue weighted by Crippen LogP contribution is -2.45. The van der Waals surface area contributed by atoms with Crippen LogP contribution in [-0.4, -0.2) is 49.3 Å². The Kier molecular flexibility index (Phi) is 5.84. The third kappa shape index (κ3) is 4.34. The zero-order valence-corrected chi connectivity index (χ0v) is 14.6. The van der Waals surface area contributed by atoms with Crippen LogP contribution in [0.1, 0.15) is 19.4 Å². The van der Waals surface area contributed by atoms with E-state index in [0.717, 1.165) is 13.1 Å². The second-order valence-electron chi connectivity index (χ2n) is 6.11. The maximum Gasteiger partial charge on any atom is 0.319 e. The zero-order valence-electron chi connectivity index (χ0n) is 13.8. The Labute approximate surface area is 141 Å². The molecule has 1 aliphatic rings. The minimum absolute atomic E-state index is 0.0615. The summed E-state index contributed by atoms with van der Waals surface area (Å²) in [6.45, 7) is 7.33. The number of aryl methyl sites for hydroxylation is 1. The van der Waals surface area contributed by atoms with Crippen LogP contribution in [0.2, 0.25) is 5.02 Å². The molecule has 5 nitrogen and oxygen atoms in total. The number of rotatable bonds is 4. The van der Waals surface area contributed by atoms with E-state index in [1.54, 1.807) is 14.0 Å². The third-order valence-corrected chi connectivity index (χ3v) is 4.45. The van der Waals surface area contributed by atoms with Gasteiger partial charge in [-0.15, -0.1) is 0 Å². The zero-order chi connectivity index (χ0) is 17.1. The van der Waals surface area contributed by atoms with E-state index >= 15 is 0 Å². The Morgan fingerprint density at radius 2 is 2.13 bits per heavy atom. The van der Waals surface area contributed by atoms with Crippen LogP contribution < -0.4 is 10.6 Å². The fourth-order valence-corrected chi connectivity index (χ4v) is 2.88. The van der Waals surface area contributed by atoms with E-state index < -0.39 is 5.82 Å². The second kappa shape index (κ2) is 7.47. The van der Waals surface area contributed by atoms with Gasteiger partial charge in [0.1, 0.15) is 5.82 Å². The predicted octanol–water partition coefficient (Wildman–Crippen LogP) is 3.02. The number of halogens is 2. The molecular formula is C16H23ClFN3O2. The molecule has 2 N–H and O–H groups in total. The van der Waals surface area contributed by atoms with Gasteiger partial charge < -0.3 is 15.4 Å². The van der Waals surface area contributed by atoms with Crippen molar-refractivity contribution in [2.24, 2.45) is 0 Å². The van der Waals surface area contributed by atoms with Crippen LogP contribution in [-0.2, 0) is 4.74 Å². The lowest BCUT2D eigenvalue weighted by Gasteiger charge is -2.20. The Morgan fingerprint density at radius 1 is 1.43 bits per heavy atom. The van der Waals surface area contributed by atoms with Crippen molar-refractivity contribution < 1.29 is 13.9 Å². The van der Waals surface area contributed by atoms with Crippen molar-refractivity contribution in [1.82, 2.24) is 10.2 Å². The molecule has 2 amide bonds. The number of hydrogen-bond donors (Lipinski definition) is 2. The third-order valence-electron chi connectivity index (χ3n) is 4.14. The summed E-state index contributed by atoms with van der Waals surface area (Å²) in [5.41, 5.74) is 0.807. The maximum atomic E-state index is 13.4. The standard InChI is InChI=1S/C16H23ClFN3O2/c1-9(2)21-7-14(15(8-21)23-4)20-16(22)19-13-5-10(3)12(18)6-11(13)17/h5-6,9,14-15H,7-8H2,1-4H3,(H2,19,20,22)/t14-,15-/m1/s1. The summed E-state index contributed by atoms with van der Waals surface area (Å²) in [7, 11) is 1.64. The number of nitrogens with zero attached hydrogens (tertiary/aromatic N) is 1. The van der Waals surface area contributed by atoms with Crippen LogP contribution in [0.4, 0.5) is 14.9 Å². The number of nitrogens with one attached hydrogen (secondary N) is 2. The lowest BCUT2D eigenvalue weighted by atomic mass is 10.2. The van der Waals surface area contributed by atoms with Gasteiger partial charge in [0.2, 0.25) is 0 Å². The van der Waals surface area contributed by atoms with E-state index in [2.05, 4.69) is 29.4 Å². The summed E-state index contributed by atoms with van der Waals surface area (Å²) >= 11 is 5.97. The van der Waals surface area contributed by atoms with E-state index in [4.69, 9.17) is 16.3 Å². The molecule has 1 fully saturated rings. The van der Waals surface area contributed by atoms with Gasteiger partial charge >= 0.3 is 6.03 Å². The van der Waals surface area contributed by atoms with Crippen LogP contribution in [0, 0.1) is 12.7 Å². The predicted molar refractivity (Wildman–Crippen MR) is 89.6 cm³/mol. The first-order chi connectivity index (χ1) is 10.8. The van der Waals surface area contributed by atoms with Crippen LogP contribution >= 0.6 is 11.6 Å².